The summed E-state index contributed by atoms with van der Waals surface area (Å²) >= 11 is 0. The summed E-state index contributed by atoms with van der Waals surface area (Å²) in [5.41, 5.74) is 14.9. The highest BCUT2D eigenvalue weighted by Crippen LogP contribution is 2.50. The van der Waals surface area contributed by atoms with Crippen LogP contribution in [0.2, 0.25) is 0 Å². The van der Waals surface area contributed by atoms with Gasteiger partial charge in [0.05, 0.1) is 22.7 Å². The van der Waals surface area contributed by atoms with Gasteiger partial charge in [-0.2, -0.15) is 0 Å². The van der Waals surface area contributed by atoms with Gasteiger partial charge in [-0.3, -0.25) is 0 Å². The van der Waals surface area contributed by atoms with Gasteiger partial charge in [0.15, 0.2) is 11.2 Å². The van der Waals surface area contributed by atoms with E-state index in [0.29, 0.717) is 0 Å². The Labute approximate surface area is 360 Å². The Morgan fingerprint density at radius 2 is 0.742 bits per heavy atom. The smallest absolute Gasteiger partial charge is 0.159 e. The van der Waals surface area contributed by atoms with Crippen molar-refractivity contribution in [2.45, 2.75) is 40.5 Å². The second kappa shape index (κ2) is 14.0. The first-order valence-electron chi connectivity index (χ1n) is 21.8. The molecule has 0 amide bonds. The van der Waals surface area contributed by atoms with Crippen LogP contribution in [0, 0.1) is 13.8 Å². The van der Waals surface area contributed by atoms with Crippen molar-refractivity contribution in [2.24, 2.45) is 0 Å². The standard InChI is InChI=1S/C58H44N2O2/c1-5-37-15-9-19-43-45-21-11-23-51(57(45)61-55(37)43)59(41-17-7-13-35(3)33-41)49-31-27-39-26-30-48-50(32-28-40-25-29-47(49)53(39)54(40)48)60(42-18-8-14-36(4)34-42)52-24-12-22-46-44-20-10-16-38(6-2)56(44)62-58(46)52/h7-34H,5-6H2,1-4H3. The fourth-order valence-electron chi connectivity index (χ4n) is 10.1. The molecule has 2 aromatic heterocycles. The minimum Gasteiger partial charge on any atom is -0.454 e. The summed E-state index contributed by atoms with van der Waals surface area (Å²) in [7, 11) is 0. The fraction of sp³-hybridized carbons (Fsp3) is 0.103. The average Bonchev–Trinajstić information content (AvgIpc) is 3.89. The van der Waals surface area contributed by atoms with Crippen molar-refractivity contribution >= 4 is 110 Å². The first kappa shape index (κ1) is 36.3. The Bertz CT molecular complexity index is 3480. The molecule has 0 saturated carbocycles. The van der Waals surface area contributed by atoms with Gasteiger partial charge in [-0.05, 0) is 119 Å². The van der Waals surface area contributed by atoms with Crippen LogP contribution < -0.4 is 9.80 Å². The van der Waals surface area contributed by atoms with E-state index >= 15 is 0 Å². The highest BCUT2D eigenvalue weighted by atomic mass is 16.3. The molecule has 0 atom stereocenters. The maximum absolute atomic E-state index is 6.93. The van der Waals surface area contributed by atoms with Gasteiger partial charge in [0.2, 0.25) is 0 Å². The van der Waals surface area contributed by atoms with Crippen molar-refractivity contribution in [2.75, 3.05) is 9.80 Å². The van der Waals surface area contributed by atoms with Crippen LogP contribution in [0.3, 0.4) is 0 Å². The molecule has 12 rings (SSSR count). The second-order valence-corrected chi connectivity index (χ2v) is 16.7. The van der Waals surface area contributed by atoms with Gasteiger partial charge in [0, 0.05) is 43.7 Å². The minimum atomic E-state index is 0.887. The van der Waals surface area contributed by atoms with Gasteiger partial charge in [0.25, 0.3) is 0 Å². The molecule has 298 valence electrons. The fourth-order valence-corrected chi connectivity index (χ4v) is 10.1. The van der Waals surface area contributed by atoms with E-state index < -0.39 is 0 Å². The minimum absolute atomic E-state index is 0.887. The number of hydrogen-bond acceptors (Lipinski definition) is 4. The SMILES string of the molecule is CCc1cccc2c1oc1c(N(c3cccc(C)c3)c3ccc4ccc5c(N(c6cccc(C)c6)c6cccc7c6oc6c(CC)cccc67)ccc6ccc3c4c65)cccc12. The zero-order valence-corrected chi connectivity index (χ0v) is 35.3. The molecule has 0 aliphatic carbocycles. The summed E-state index contributed by atoms with van der Waals surface area (Å²) in [5, 5.41) is 11.8. The summed E-state index contributed by atoms with van der Waals surface area (Å²) in [6.07, 6.45) is 1.80. The molecule has 62 heavy (non-hydrogen) atoms. The van der Waals surface area contributed by atoms with Gasteiger partial charge in [-0.1, -0.05) is 135 Å². The highest BCUT2D eigenvalue weighted by Gasteiger charge is 2.26. The van der Waals surface area contributed by atoms with Crippen molar-refractivity contribution in [3.05, 3.63) is 192 Å². The maximum atomic E-state index is 6.93. The van der Waals surface area contributed by atoms with Crippen LogP contribution in [0.1, 0.15) is 36.1 Å². The number of hydrogen-bond donors (Lipinski definition) is 0. The van der Waals surface area contributed by atoms with E-state index in [-0.39, 0.29) is 0 Å². The molecule has 12 aromatic rings. The van der Waals surface area contributed by atoms with Crippen molar-refractivity contribution in [3.63, 3.8) is 0 Å². The predicted octanol–water partition coefficient (Wildman–Crippen LogP) is 17.1. The van der Waals surface area contributed by atoms with Crippen LogP contribution in [-0.4, -0.2) is 0 Å². The lowest BCUT2D eigenvalue weighted by Crippen LogP contribution is -2.12. The predicted molar refractivity (Wildman–Crippen MR) is 262 cm³/mol. The van der Waals surface area contributed by atoms with Crippen molar-refractivity contribution in [1.82, 2.24) is 0 Å². The Kier molecular flexibility index (Phi) is 8.20. The van der Waals surface area contributed by atoms with Gasteiger partial charge in [-0.15, -0.1) is 0 Å². The quantitative estimate of drug-likeness (QED) is 0.143. The Morgan fingerprint density at radius 3 is 1.16 bits per heavy atom. The zero-order valence-electron chi connectivity index (χ0n) is 35.3. The number of furan rings is 2. The third-order valence-corrected chi connectivity index (χ3v) is 13.0. The number of benzene rings is 10. The Morgan fingerprint density at radius 1 is 0.355 bits per heavy atom. The normalized spacial score (nSPS) is 12.0. The van der Waals surface area contributed by atoms with Crippen LogP contribution in [0.25, 0.3) is 76.2 Å². The monoisotopic (exact) mass is 800 g/mol. The molecular weight excluding hydrogens is 757 g/mol. The molecule has 0 radical (unpaired) electrons. The third kappa shape index (κ3) is 5.39. The van der Waals surface area contributed by atoms with Crippen LogP contribution in [0.5, 0.6) is 0 Å². The number of nitrogens with zero attached hydrogens (tertiary/aromatic N) is 2. The van der Waals surface area contributed by atoms with Crippen molar-refractivity contribution in [3.8, 4) is 0 Å². The molecule has 0 aliphatic rings. The first-order valence-corrected chi connectivity index (χ1v) is 21.8. The van der Waals surface area contributed by atoms with Gasteiger partial charge >= 0.3 is 0 Å². The molecule has 10 aromatic carbocycles. The molecule has 4 nitrogen and oxygen atoms in total. The largest absolute Gasteiger partial charge is 0.454 e. The summed E-state index contributed by atoms with van der Waals surface area (Å²) in [4.78, 5) is 4.81. The molecule has 0 N–H and O–H groups in total. The van der Waals surface area contributed by atoms with Crippen molar-refractivity contribution in [1.29, 1.82) is 0 Å². The molecule has 4 heteroatoms. The molecule has 2 heterocycles. The lowest BCUT2D eigenvalue weighted by Gasteiger charge is -2.29. The molecule has 0 unspecified atom stereocenters. The van der Waals surface area contributed by atoms with Crippen molar-refractivity contribution < 1.29 is 8.83 Å². The Balaban J connectivity index is 1.13. The van der Waals surface area contributed by atoms with Gasteiger partial charge in [0.1, 0.15) is 11.2 Å². The van der Waals surface area contributed by atoms with Crippen LogP contribution in [0.15, 0.2) is 179 Å². The highest BCUT2D eigenvalue weighted by molar-refractivity contribution is 6.28. The van der Waals surface area contributed by atoms with Crippen LogP contribution >= 0.6 is 0 Å². The van der Waals surface area contributed by atoms with E-state index in [4.69, 9.17) is 8.83 Å². The lowest BCUT2D eigenvalue weighted by atomic mass is 9.91. The number of para-hydroxylation sites is 4. The van der Waals surface area contributed by atoms with E-state index in [9.17, 15) is 0 Å². The third-order valence-electron chi connectivity index (χ3n) is 13.0. The summed E-state index contributed by atoms with van der Waals surface area (Å²) < 4.78 is 13.9. The average molecular weight is 801 g/mol. The molecule has 0 fully saturated rings. The number of anilines is 6. The number of fused-ring (bicyclic) bond motifs is 6. The number of rotatable bonds is 8. The molecule has 0 saturated heterocycles. The molecule has 0 spiro atoms. The molecule has 0 bridgehead atoms. The van der Waals surface area contributed by atoms with Gasteiger partial charge in [-0.25, -0.2) is 0 Å². The Hall–Kier alpha value is -7.56. The van der Waals surface area contributed by atoms with E-state index in [2.05, 4.69) is 207 Å². The topological polar surface area (TPSA) is 32.8 Å². The van der Waals surface area contributed by atoms with Crippen LogP contribution in [0.4, 0.5) is 34.1 Å². The maximum Gasteiger partial charge on any atom is 0.159 e. The van der Waals surface area contributed by atoms with E-state index in [1.54, 1.807) is 0 Å². The summed E-state index contributed by atoms with van der Waals surface area (Å²) in [5.74, 6) is 0. The molecular formula is C58H44N2O2. The van der Waals surface area contributed by atoms with Crippen LogP contribution in [-0.2, 0) is 12.8 Å². The number of aryl methyl sites for hydroxylation is 4. The van der Waals surface area contributed by atoms with E-state index in [1.165, 1.54) is 54.6 Å². The summed E-state index contributed by atoms with van der Waals surface area (Å²) in [6.45, 7) is 8.72. The van der Waals surface area contributed by atoms with E-state index in [0.717, 1.165) is 90.8 Å². The lowest BCUT2D eigenvalue weighted by molar-refractivity contribution is 0.663. The zero-order chi connectivity index (χ0) is 41.6. The first-order chi connectivity index (χ1) is 30.5. The summed E-state index contributed by atoms with van der Waals surface area (Å²) in [6, 6.07) is 62.1. The van der Waals surface area contributed by atoms with E-state index in [1.807, 2.05) is 0 Å². The second-order valence-electron chi connectivity index (χ2n) is 16.7. The van der Waals surface area contributed by atoms with Gasteiger partial charge < -0.3 is 18.6 Å². The molecule has 0 aliphatic heterocycles.